The second-order valence-corrected chi connectivity index (χ2v) is 4.44. The molecule has 110 valence electrons. The van der Waals surface area contributed by atoms with E-state index in [1.807, 2.05) is 0 Å². The Hall–Kier alpha value is -2.92. The van der Waals surface area contributed by atoms with Crippen LogP contribution in [0.25, 0.3) is 0 Å². The SMILES string of the molecule is O.O=C(Nc1nccs1)c1cc([N+](=O)[O-])cc([N+](=O)[O-])c1. The molecule has 0 fully saturated rings. The fourth-order valence-corrected chi connectivity index (χ4v) is 1.92. The summed E-state index contributed by atoms with van der Waals surface area (Å²) in [5.74, 6) is -0.702. The van der Waals surface area contributed by atoms with Crippen molar-refractivity contribution in [1.82, 2.24) is 4.98 Å². The molecule has 0 saturated carbocycles. The van der Waals surface area contributed by atoms with Crippen LogP contribution in [0.3, 0.4) is 0 Å². The fraction of sp³-hybridized carbons (Fsp3) is 0. The first kappa shape index (κ1) is 16.1. The van der Waals surface area contributed by atoms with E-state index in [-0.39, 0.29) is 11.0 Å². The van der Waals surface area contributed by atoms with Gasteiger partial charge in [0.2, 0.25) is 0 Å². The average molecular weight is 312 g/mol. The number of carbonyl (C=O) groups is 1. The lowest BCUT2D eigenvalue weighted by atomic mass is 10.1. The van der Waals surface area contributed by atoms with Crippen molar-refractivity contribution in [2.75, 3.05) is 5.32 Å². The Labute approximate surface area is 120 Å². The van der Waals surface area contributed by atoms with Gasteiger partial charge in [0.1, 0.15) is 0 Å². The second kappa shape index (κ2) is 6.49. The molecule has 11 heteroatoms. The van der Waals surface area contributed by atoms with Crippen molar-refractivity contribution >= 4 is 33.8 Å². The Balaban J connectivity index is 0.00000220. The summed E-state index contributed by atoms with van der Waals surface area (Å²) in [5, 5.41) is 25.7. The number of nitro benzene ring substituents is 2. The number of nitro groups is 2. The van der Waals surface area contributed by atoms with Crippen molar-refractivity contribution < 1.29 is 20.1 Å². The van der Waals surface area contributed by atoms with Gasteiger partial charge in [-0.2, -0.15) is 0 Å². The molecule has 0 aliphatic carbocycles. The Morgan fingerprint density at radius 2 is 1.71 bits per heavy atom. The van der Waals surface area contributed by atoms with Gasteiger partial charge in [0, 0.05) is 23.7 Å². The van der Waals surface area contributed by atoms with Gasteiger partial charge in [-0.25, -0.2) is 4.98 Å². The number of thiazole rings is 1. The molecule has 0 radical (unpaired) electrons. The molecule has 0 aliphatic rings. The number of aromatic nitrogens is 1. The number of anilines is 1. The molecule has 10 nitrogen and oxygen atoms in total. The highest BCUT2D eigenvalue weighted by molar-refractivity contribution is 7.13. The molecular weight excluding hydrogens is 304 g/mol. The van der Waals surface area contributed by atoms with Crippen LogP contribution < -0.4 is 5.32 Å². The Morgan fingerprint density at radius 1 is 1.14 bits per heavy atom. The van der Waals surface area contributed by atoms with E-state index < -0.39 is 27.1 Å². The van der Waals surface area contributed by atoms with Gasteiger partial charge >= 0.3 is 0 Å². The van der Waals surface area contributed by atoms with Crippen molar-refractivity contribution in [3.63, 3.8) is 0 Å². The third-order valence-corrected chi connectivity index (χ3v) is 2.93. The largest absolute Gasteiger partial charge is 0.412 e. The van der Waals surface area contributed by atoms with E-state index in [9.17, 15) is 25.0 Å². The first-order valence-electron chi connectivity index (χ1n) is 5.12. The van der Waals surface area contributed by atoms with Gasteiger partial charge < -0.3 is 5.48 Å². The zero-order valence-electron chi connectivity index (χ0n) is 10.2. The van der Waals surface area contributed by atoms with Crippen LogP contribution in [0.5, 0.6) is 0 Å². The maximum Gasteiger partial charge on any atom is 0.277 e. The quantitative estimate of drug-likeness (QED) is 0.662. The van der Waals surface area contributed by atoms with Gasteiger partial charge in [-0.3, -0.25) is 30.3 Å². The van der Waals surface area contributed by atoms with Gasteiger partial charge in [-0.1, -0.05) is 0 Å². The molecule has 0 saturated heterocycles. The molecule has 2 aromatic rings. The van der Waals surface area contributed by atoms with Crippen molar-refractivity contribution in [1.29, 1.82) is 0 Å². The molecule has 1 amide bonds. The molecule has 21 heavy (non-hydrogen) atoms. The molecule has 0 unspecified atom stereocenters. The summed E-state index contributed by atoms with van der Waals surface area (Å²) < 4.78 is 0. The lowest BCUT2D eigenvalue weighted by Crippen LogP contribution is -2.12. The summed E-state index contributed by atoms with van der Waals surface area (Å²) in [6.07, 6.45) is 1.47. The first-order valence-corrected chi connectivity index (χ1v) is 6.00. The van der Waals surface area contributed by atoms with Crippen LogP contribution in [0.2, 0.25) is 0 Å². The predicted molar refractivity (Wildman–Crippen MR) is 73.4 cm³/mol. The van der Waals surface area contributed by atoms with Gasteiger partial charge in [-0.15, -0.1) is 11.3 Å². The van der Waals surface area contributed by atoms with Crippen molar-refractivity contribution in [3.05, 3.63) is 55.6 Å². The molecule has 1 aromatic heterocycles. The van der Waals surface area contributed by atoms with Crippen LogP contribution in [0.1, 0.15) is 10.4 Å². The zero-order valence-corrected chi connectivity index (χ0v) is 11.0. The summed E-state index contributed by atoms with van der Waals surface area (Å²) in [6, 6.07) is 2.73. The minimum absolute atomic E-state index is 0. The summed E-state index contributed by atoms with van der Waals surface area (Å²) in [4.78, 5) is 35.5. The van der Waals surface area contributed by atoms with Crippen LogP contribution in [0, 0.1) is 20.2 Å². The third-order valence-electron chi connectivity index (χ3n) is 2.24. The maximum atomic E-state index is 11.9. The number of nitrogens with zero attached hydrogens (tertiary/aromatic N) is 3. The summed E-state index contributed by atoms with van der Waals surface area (Å²) in [5.41, 5.74) is -1.23. The highest BCUT2D eigenvalue weighted by Gasteiger charge is 2.20. The van der Waals surface area contributed by atoms with Gasteiger partial charge in [0.15, 0.2) is 5.13 Å². The topological polar surface area (TPSA) is 160 Å². The molecular formula is C10H8N4O6S. The van der Waals surface area contributed by atoms with E-state index in [0.717, 1.165) is 29.5 Å². The molecule has 2 rings (SSSR count). The number of hydrogen-bond donors (Lipinski definition) is 1. The lowest BCUT2D eigenvalue weighted by Gasteiger charge is -2.02. The van der Waals surface area contributed by atoms with Gasteiger partial charge in [0.25, 0.3) is 17.3 Å². The molecule has 3 N–H and O–H groups in total. The summed E-state index contributed by atoms with van der Waals surface area (Å²) >= 11 is 1.16. The molecule has 0 atom stereocenters. The first-order chi connectivity index (χ1) is 9.47. The zero-order chi connectivity index (χ0) is 14.7. The van der Waals surface area contributed by atoms with Crippen LogP contribution in [-0.2, 0) is 0 Å². The van der Waals surface area contributed by atoms with E-state index in [4.69, 9.17) is 0 Å². The monoisotopic (exact) mass is 312 g/mol. The number of nitrogens with one attached hydrogen (secondary N) is 1. The van der Waals surface area contributed by atoms with Crippen molar-refractivity contribution in [2.24, 2.45) is 0 Å². The smallest absolute Gasteiger partial charge is 0.277 e. The van der Waals surface area contributed by atoms with Crippen molar-refractivity contribution in [3.8, 4) is 0 Å². The predicted octanol–water partition coefficient (Wildman–Crippen LogP) is 1.39. The molecule has 0 aliphatic heterocycles. The van der Waals surface area contributed by atoms with Crippen LogP contribution in [-0.4, -0.2) is 26.2 Å². The summed E-state index contributed by atoms with van der Waals surface area (Å²) in [7, 11) is 0. The molecule has 1 aromatic carbocycles. The third kappa shape index (κ3) is 3.77. The van der Waals surface area contributed by atoms with E-state index >= 15 is 0 Å². The normalized spacial score (nSPS) is 9.52. The molecule has 0 spiro atoms. The van der Waals surface area contributed by atoms with E-state index in [1.54, 1.807) is 5.38 Å². The van der Waals surface area contributed by atoms with Crippen LogP contribution >= 0.6 is 11.3 Å². The number of amides is 1. The fourth-order valence-electron chi connectivity index (χ4n) is 1.39. The number of non-ortho nitro benzene ring substituents is 2. The number of rotatable bonds is 4. The van der Waals surface area contributed by atoms with Gasteiger partial charge in [-0.05, 0) is 0 Å². The van der Waals surface area contributed by atoms with E-state index in [0.29, 0.717) is 5.13 Å². The van der Waals surface area contributed by atoms with Crippen LogP contribution in [0.15, 0.2) is 29.8 Å². The minimum Gasteiger partial charge on any atom is -0.412 e. The standard InChI is InChI=1S/C10H6N4O5S.H2O/c15-9(12-10-11-1-2-20-10)6-3-7(13(16)17)5-8(4-6)14(18)19;/h1-5H,(H,11,12,15);1H2. The Kier molecular flexibility index (Phi) is 4.99. The van der Waals surface area contributed by atoms with E-state index in [1.165, 1.54) is 6.20 Å². The number of carbonyl (C=O) groups excluding carboxylic acids is 1. The molecule has 0 bridgehead atoms. The number of hydrogen-bond acceptors (Lipinski definition) is 7. The highest BCUT2D eigenvalue weighted by Crippen LogP contribution is 2.23. The number of benzene rings is 1. The average Bonchev–Trinajstić information content (AvgIpc) is 2.90. The maximum absolute atomic E-state index is 11.9. The Bertz CT molecular complexity index is 655. The lowest BCUT2D eigenvalue weighted by molar-refractivity contribution is -0.394. The highest BCUT2D eigenvalue weighted by atomic mass is 32.1. The van der Waals surface area contributed by atoms with E-state index in [2.05, 4.69) is 10.3 Å². The minimum atomic E-state index is -0.798. The Morgan fingerprint density at radius 3 is 2.14 bits per heavy atom. The second-order valence-electron chi connectivity index (χ2n) is 3.54. The summed E-state index contributed by atoms with van der Waals surface area (Å²) in [6.45, 7) is 0. The molecule has 1 heterocycles. The van der Waals surface area contributed by atoms with Crippen LogP contribution in [0.4, 0.5) is 16.5 Å². The van der Waals surface area contributed by atoms with Crippen molar-refractivity contribution in [2.45, 2.75) is 0 Å². The van der Waals surface area contributed by atoms with Gasteiger partial charge in [0.05, 0.1) is 21.5 Å².